The van der Waals surface area contributed by atoms with Crippen LogP contribution in [-0.2, 0) is 0 Å². The van der Waals surface area contributed by atoms with Gasteiger partial charge in [0.1, 0.15) is 5.82 Å². The molecule has 1 heterocycles. The number of halogens is 2. The van der Waals surface area contributed by atoms with Gasteiger partial charge in [-0.1, -0.05) is 0 Å². The summed E-state index contributed by atoms with van der Waals surface area (Å²) >= 11 is 3.30. The van der Waals surface area contributed by atoms with Crippen molar-refractivity contribution < 1.29 is 9.18 Å². The van der Waals surface area contributed by atoms with Gasteiger partial charge in [0.25, 0.3) is 5.91 Å². The van der Waals surface area contributed by atoms with E-state index in [1.54, 1.807) is 11.0 Å². The third kappa shape index (κ3) is 3.34. The van der Waals surface area contributed by atoms with Crippen molar-refractivity contribution in [2.45, 2.75) is 25.8 Å². The fourth-order valence-corrected chi connectivity index (χ4v) is 2.87. The minimum Gasteiger partial charge on any atom is -0.338 e. The molecule has 0 bridgehead atoms. The second-order valence-electron chi connectivity index (χ2n) is 5.14. The summed E-state index contributed by atoms with van der Waals surface area (Å²) in [6.07, 6.45) is 2.00. The third-order valence-electron chi connectivity index (χ3n) is 3.65. The molecule has 1 aliphatic heterocycles. The summed E-state index contributed by atoms with van der Waals surface area (Å²) in [7, 11) is 0. The van der Waals surface area contributed by atoms with Gasteiger partial charge in [-0.2, -0.15) is 0 Å². The minimum atomic E-state index is -0.396. The zero-order chi connectivity index (χ0) is 14.0. The Balaban J connectivity index is 2.17. The summed E-state index contributed by atoms with van der Waals surface area (Å²) in [4.78, 5) is 14.2. The second kappa shape index (κ2) is 6.01. The molecule has 3 nitrogen and oxygen atoms in total. The average Bonchev–Trinajstić information content (AvgIpc) is 2.41. The molecule has 1 aromatic carbocycles. The number of nitrogens with two attached hydrogens (primary N) is 1. The number of piperidine rings is 1. The van der Waals surface area contributed by atoms with Crippen LogP contribution in [0.25, 0.3) is 0 Å². The molecule has 1 fully saturated rings. The number of carbonyl (C=O) groups excluding carboxylic acids is 1. The van der Waals surface area contributed by atoms with Gasteiger partial charge in [-0.05, 0) is 59.8 Å². The molecule has 104 valence electrons. The van der Waals surface area contributed by atoms with Crippen molar-refractivity contribution in [3.8, 4) is 0 Å². The van der Waals surface area contributed by atoms with E-state index < -0.39 is 5.82 Å². The van der Waals surface area contributed by atoms with E-state index in [0.29, 0.717) is 29.0 Å². The normalized spacial score (nSPS) is 21.3. The van der Waals surface area contributed by atoms with Crippen molar-refractivity contribution in [3.63, 3.8) is 0 Å². The Labute approximate surface area is 121 Å². The van der Waals surface area contributed by atoms with Crippen LogP contribution < -0.4 is 5.73 Å². The molecule has 0 radical (unpaired) electrons. The van der Waals surface area contributed by atoms with Gasteiger partial charge in [-0.3, -0.25) is 4.79 Å². The van der Waals surface area contributed by atoms with Crippen LogP contribution in [-0.4, -0.2) is 29.9 Å². The molecule has 0 aliphatic carbocycles. The first-order valence-corrected chi connectivity index (χ1v) is 7.28. The number of rotatable bonds is 2. The van der Waals surface area contributed by atoms with Gasteiger partial charge in [0, 0.05) is 23.6 Å². The Kier molecular flexibility index (Phi) is 4.58. The molecule has 1 aromatic rings. The molecule has 1 aliphatic rings. The molecule has 5 heteroatoms. The first-order valence-electron chi connectivity index (χ1n) is 6.49. The zero-order valence-electron chi connectivity index (χ0n) is 10.9. The smallest absolute Gasteiger partial charge is 0.255 e. The van der Waals surface area contributed by atoms with Gasteiger partial charge < -0.3 is 10.6 Å². The number of amides is 1. The Morgan fingerprint density at radius 3 is 3.00 bits per heavy atom. The summed E-state index contributed by atoms with van der Waals surface area (Å²) in [6, 6.07) is 4.26. The Morgan fingerprint density at radius 2 is 2.32 bits per heavy atom. The van der Waals surface area contributed by atoms with E-state index >= 15 is 0 Å². The zero-order valence-corrected chi connectivity index (χ0v) is 12.5. The van der Waals surface area contributed by atoms with Crippen LogP contribution in [0, 0.1) is 11.7 Å². The van der Waals surface area contributed by atoms with Crippen molar-refractivity contribution >= 4 is 21.8 Å². The van der Waals surface area contributed by atoms with Gasteiger partial charge in [-0.15, -0.1) is 0 Å². The first kappa shape index (κ1) is 14.5. The summed E-state index contributed by atoms with van der Waals surface area (Å²) in [5, 5.41) is 0. The second-order valence-corrected chi connectivity index (χ2v) is 5.99. The highest BCUT2D eigenvalue weighted by Crippen LogP contribution is 2.24. The number of nitrogens with zero attached hydrogens (tertiary/aromatic N) is 1. The van der Waals surface area contributed by atoms with Crippen LogP contribution in [0.15, 0.2) is 22.7 Å². The van der Waals surface area contributed by atoms with Crippen LogP contribution in [0.5, 0.6) is 0 Å². The summed E-state index contributed by atoms with van der Waals surface area (Å²) in [6.45, 7) is 3.33. The molecule has 0 saturated carbocycles. The SMILES string of the molecule is C[C@@H](N)[C@H]1CCCN(C(=O)c2cc(F)ccc2Br)C1. The van der Waals surface area contributed by atoms with Crippen LogP contribution in [0.4, 0.5) is 4.39 Å². The van der Waals surface area contributed by atoms with E-state index in [9.17, 15) is 9.18 Å². The highest BCUT2D eigenvalue weighted by molar-refractivity contribution is 9.10. The Hall–Kier alpha value is -0.940. The van der Waals surface area contributed by atoms with Crippen LogP contribution in [0.1, 0.15) is 30.1 Å². The predicted octanol–water partition coefficient (Wildman–Crippen LogP) is 2.79. The maximum Gasteiger partial charge on any atom is 0.255 e. The van der Waals surface area contributed by atoms with Crippen molar-refractivity contribution in [2.24, 2.45) is 11.7 Å². The van der Waals surface area contributed by atoms with E-state index in [4.69, 9.17) is 5.73 Å². The molecular weight excluding hydrogens is 311 g/mol. The summed E-state index contributed by atoms with van der Waals surface area (Å²) < 4.78 is 13.9. The summed E-state index contributed by atoms with van der Waals surface area (Å²) in [5.74, 6) is -0.200. The number of likely N-dealkylation sites (tertiary alicyclic amines) is 1. The van der Waals surface area contributed by atoms with Gasteiger partial charge >= 0.3 is 0 Å². The monoisotopic (exact) mass is 328 g/mol. The number of benzene rings is 1. The van der Waals surface area contributed by atoms with Crippen molar-refractivity contribution in [1.82, 2.24) is 4.90 Å². The quantitative estimate of drug-likeness (QED) is 0.907. The molecule has 1 amide bonds. The highest BCUT2D eigenvalue weighted by atomic mass is 79.9. The van der Waals surface area contributed by atoms with Gasteiger partial charge in [0.05, 0.1) is 5.56 Å². The molecule has 0 aromatic heterocycles. The molecular formula is C14H18BrFN2O. The van der Waals surface area contributed by atoms with E-state index in [2.05, 4.69) is 15.9 Å². The third-order valence-corrected chi connectivity index (χ3v) is 4.34. The maximum absolute atomic E-state index is 13.3. The molecule has 2 N–H and O–H groups in total. The minimum absolute atomic E-state index is 0.0755. The van der Waals surface area contributed by atoms with Crippen LogP contribution in [0.3, 0.4) is 0 Å². The number of hydrogen-bond donors (Lipinski definition) is 1. The molecule has 1 saturated heterocycles. The van der Waals surface area contributed by atoms with Crippen molar-refractivity contribution in [3.05, 3.63) is 34.1 Å². The predicted molar refractivity (Wildman–Crippen MR) is 76.4 cm³/mol. The molecule has 19 heavy (non-hydrogen) atoms. The van der Waals surface area contributed by atoms with Crippen LogP contribution >= 0.6 is 15.9 Å². The Morgan fingerprint density at radius 1 is 1.58 bits per heavy atom. The topological polar surface area (TPSA) is 46.3 Å². The van der Waals surface area contributed by atoms with E-state index in [-0.39, 0.29) is 11.9 Å². The van der Waals surface area contributed by atoms with Gasteiger partial charge in [-0.25, -0.2) is 4.39 Å². The average molecular weight is 329 g/mol. The lowest BCUT2D eigenvalue weighted by Crippen LogP contribution is -2.45. The molecule has 0 spiro atoms. The fraction of sp³-hybridized carbons (Fsp3) is 0.500. The lowest BCUT2D eigenvalue weighted by atomic mass is 9.92. The lowest BCUT2D eigenvalue weighted by molar-refractivity contribution is 0.0659. The molecule has 2 rings (SSSR count). The fourth-order valence-electron chi connectivity index (χ4n) is 2.46. The van der Waals surface area contributed by atoms with Gasteiger partial charge in [0.15, 0.2) is 0 Å². The molecule has 0 unspecified atom stereocenters. The molecule has 2 atom stereocenters. The van der Waals surface area contributed by atoms with Gasteiger partial charge in [0.2, 0.25) is 0 Å². The summed E-state index contributed by atoms with van der Waals surface area (Å²) in [5.41, 5.74) is 6.29. The number of carbonyl (C=O) groups is 1. The van der Waals surface area contributed by atoms with E-state index in [0.717, 1.165) is 12.8 Å². The van der Waals surface area contributed by atoms with Crippen molar-refractivity contribution in [2.75, 3.05) is 13.1 Å². The first-order chi connectivity index (χ1) is 8.99. The van der Waals surface area contributed by atoms with E-state index in [1.807, 2.05) is 6.92 Å². The maximum atomic E-state index is 13.3. The Bertz CT molecular complexity index is 479. The standard InChI is InChI=1S/C14H18BrFN2O/c1-9(17)10-3-2-6-18(8-10)14(19)12-7-11(16)4-5-13(12)15/h4-5,7,9-10H,2-3,6,8,17H2,1H3/t9-,10+/m1/s1. The van der Waals surface area contributed by atoms with Crippen molar-refractivity contribution in [1.29, 1.82) is 0 Å². The largest absolute Gasteiger partial charge is 0.338 e. The lowest BCUT2D eigenvalue weighted by Gasteiger charge is -2.34. The van der Waals surface area contributed by atoms with Crippen LogP contribution in [0.2, 0.25) is 0 Å². The van der Waals surface area contributed by atoms with E-state index in [1.165, 1.54) is 12.1 Å². The highest BCUT2D eigenvalue weighted by Gasteiger charge is 2.27. The number of hydrogen-bond acceptors (Lipinski definition) is 2.